The molecule has 0 radical (unpaired) electrons. The highest BCUT2D eigenvalue weighted by Crippen LogP contribution is 2.36. The van der Waals surface area contributed by atoms with Crippen molar-refractivity contribution in [3.05, 3.63) is 65.0 Å². The van der Waals surface area contributed by atoms with Gasteiger partial charge in [-0.3, -0.25) is 4.79 Å². The van der Waals surface area contributed by atoms with Crippen molar-refractivity contribution in [3.63, 3.8) is 0 Å². The maximum atomic E-state index is 11.8. The maximum Gasteiger partial charge on any atom is 0.231 e. The zero-order chi connectivity index (χ0) is 16.5. The lowest BCUT2D eigenvalue weighted by Gasteiger charge is -2.04. The highest BCUT2D eigenvalue weighted by Gasteiger charge is 2.26. The van der Waals surface area contributed by atoms with Crippen LogP contribution in [0.4, 0.5) is 10.8 Å². The first-order valence-electron chi connectivity index (χ1n) is 7.89. The van der Waals surface area contributed by atoms with Crippen LogP contribution in [-0.4, -0.2) is 10.9 Å². The Labute approximate surface area is 144 Å². The van der Waals surface area contributed by atoms with E-state index in [1.807, 2.05) is 42.6 Å². The van der Waals surface area contributed by atoms with E-state index in [-0.39, 0.29) is 11.8 Å². The van der Waals surface area contributed by atoms with Crippen molar-refractivity contribution in [1.82, 2.24) is 4.98 Å². The highest BCUT2D eigenvalue weighted by atomic mass is 32.1. The van der Waals surface area contributed by atoms with Crippen molar-refractivity contribution in [2.45, 2.75) is 19.4 Å². The van der Waals surface area contributed by atoms with Gasteiger partial charge in [-0.1, -0.05) is 36.4 Å². The second kappa shape index (κ2) is 6.09. The number of rotatable bonds is 4. The van der Waals surface area contributed by atoms with E-state index in [4.69, 9.17) is 0 Å². The lowest BCUT2D eigenvalue weighted by atomic mass is 10.00. The van der Waals surface area contributed by atoms with Crippen molar-refractivity contribution in [3.8, 4) is 11.3 Å². The molecular formula is C19H17N3OS. The second-order valence-electron chi connectivity index (χ2n) is 5.89. The summed E-state index contributed by atoms with van der Waals surface area (Å²) in [6.45, 7) is 2.69. The van der Waals surface area contributed by atoms with Gasteiger partial charge in [-0.25, -0.2) is 4.98 Å². The van der Waals surface area contributed by atoms with Crippen LogP contribution < -0.4 is 10.6 Å². The minimum Gasteiger partial charge on any atom is -0.357 e. The quantitative estimate of drug-likeness (QED) is 0.739. The number of benzene rings is 2. The largest absolute Gasteiger partial charge is 0.357 e. The first-order chi connectivity index (χ1) is 11.7. The van der Waals surface area contributed by atoms with Crippen LogP contribution in [0.2, 0.25) is 0 Å². The predicted octanol–water partition coefficient (Wildman–Crippen LogP) is 4.48. The minimum absolute atomic E-state index is 0.0608. The number of thiazole rings is 1. The number of hydrogen-bond acceptors (Lipinski definition) is 4. The summed E-state index contributed by atoms with van der Waals surface area (Å²) in [7, 11) is 0. The Hall–Kier alpha value is -2.66. The molecule has 4 nitrogen and oxygen atoms in total. The monoisotopic (exact) mass is 335 g/mol. The van der Waals surface area contributed by atoms with Crippen LogP contribution in [0.5, 0.6) is 0 Å². The van der Waals surface area contributed by atoms with E-state index in [0.717, 1.165) is 34.2 Å². The Morgan fingerprint density at radius 2 is 2.04 bits per heavy atom. The van der Waals surface area contributed by atoms with Crippen molar-refractivity contribution < 1.29 is 4.79 Å². The van der Waals surface area contributed by atoms with Gasteiger partial charge in [0.05, 0.1) is 11.6 Å². The van der Waals surface area contributed by atoms with Crippen LogP contribution in [-0.2, 0) is 11.3 Å². The van der Waals surface area contributed by atoms with E-state index in [2.05, 4.69) is 33.8 Å². The molecule has 24 heavy (non-hydrogen) atoms. The number of aromatic nitrogens is 1. The molecule has 4 rings (SSSR count). The summed E-state index contributed by atoms with van der Waals surface area (Å²) >= 11 is 1.59. The van der Waals surface area contributed by atoms with Crippen LogP contribution in [0.25, 0.3) is 11.3 Å². The Morgan fingerprint density at radius 1 is 1.21 bits per heavy atom. The van der Waals surface area contributed by atoms with Gasteiger partial charge in [0.25, 0.3) is 0 Å². The average Bonchev–Trinajstić information content (AvgIpc) is 3.19. The van der Waals surface area contributed by atoms with E-state index in [9.17, 15) is 4.79 Å². The van der Waals surface area contributed by atoms with E-state index < -0.39 is 0 Å². The molecule has 2 N–H and O–H groups in total. The van der Waals surface area contributed by atoms with E-state index in [0.29, 0.717) is 0 Å². The molecule has 0 spiro atoms. The van der Waals surface area contributed by atoms with Crippen LogP contribution in [0, 0.1) is 0 Å². The van der Waals surface area contributed by atoms with Crippen molar-refractivity contribution in [2.24, 2.45) is 0 Å². The number of amides is 1. The van der Waals surface area contributed by atoms with Crippen LogP contribution in [0.15, 0.2) is 53.9 Å². The molecule has 0 bridgehead atoms. The number of anilines is 2. The summed E-state index contributed by atoms with van der Waals surface area (Å²) in [5.74, 6) is -0.0418. The molecule has 1 amide bonds. The summed E-state index contributed by atoms with van der Waals surface area (Å²) in [6, 6.07) is 16.3. The van der Waals surface area contributed by atoms with Gasteiger partial charge in [-0.15, -0.1) is 11.3 Å². The van der Waals surface area contributed by atoms with Crippen molar-refractivity contribution >= 4 is 28.1 Å². The number of nitrogens with zero attached hydrogens (tertiary/aromatic N) is 1. The Balaban J connectivity index is 1.52. The standard InChI is InChI=1S/C19H17N3OS/c1-12-15-9-14(7-8-16(15)21-18(12)23)17-11-24-19(22-17)20-10-13-5-3-2-4-6-13/h2-9,11-12H,10H2,1H3,(H,20,22)(H,21,23)/t12-/m0/s1. The Kier molecular flexibility index (Phi) is 3.78. The number of carbonyl (C=O) groups excluding carboxylic acids is 1. The molecule has 0 unspecified atom stereocenters. The average molecular weight is 335 g/mol. The third-order valence-corrected chi connectivity index (χ3v) is 5.06. The van der Waals surface area contributed by atoms with Gasteiger partial charge in [-0.2, -0.15) is 0 Å². The topological polar surface area (TPSA) is 54.0 Å². The first kappa shape index (κ1) is 14.9. The molecule has 2 heterocycles. The highest BCUT2D eigenvalue weighted by molar-refractivity contribution is 7.14. The minimum atomic E-state index is -0.103. The van der Waals surface area contributed by atoms with E-state index >= 15 is 0 Å². The Bertz CT molecular complexity index is 889. The van der Waals surface area contributed by atoms with Crippen LogP contribution in [0.1, 0.15) is 24.0 Å². The van der Waals surface area contributed by atoms with Gasteiger partial charge < -0.3 is 10.6 Å². The molecule has 1 aliphatic rings. The molecule has 0 saturated carbocycles. The SMILES string of the molecule is C[C@@H]1C(=O)Nc2ccc(-c3csc(NCc4ccccc4)n3)cc21. The molecule has 2 aromatic carbocycles. The fourth-order valence-electron chi connectivity index (χ4n) is 2.84. The third kappa shape index (κ3) is 2.78. The lowest BCUT2D eigenvalue weighted by Crippen LogP contribution is -2.08. The summed E-state index contributed by atoms with van der Waals surface area (Å²) in [6.07, 6.45) is 0. The molecule has 1 aromatic heterocycles. The summed E-state index contributed by atoms with van der Waals surface area (Å²) < 4.78 is 0. The number of nitrogens with one attached hydrogen (secondary N) is 2. The normalized spacial score (nSPS) is 15.9. The van der Waals surface area contributed by atoms with Gasteiger partial charge >= 0.3 is 0 Å². The van der Waals surface area contributed by atoms with Gasteiger partial charge in [0, 0.05) is 23.2 Å². The lowest BCUT2D eigenvalue weighted by molar-refractivity contribution is -0.116. The Morgan fingerprint density at radius 3 is 2.88 bits per heavy atom. The summed E-state index contributed by atoms with van der Waals surface area (Å²) in [5.41, 5.74) is 5.16. The van der Waals surface area contributed by atoms with Crippen molar-refractivity contribution in [2.75, 3.05) is 10.6 Å². The molecule has 3 aromatic rings. The number of carbonyl (C=O) groups is 1. The number of fused-ring (bicyclic) bond motifs is 1. The molecule has 1 atom stereocenters. The third-order valence-electron chi connectivity index (χ3n) is 4.26. The van der Waals surface area contributed by atoms with E-state index in [1.165, 1.54) is 5.56 Å². The molecule has 120 valence electrons. The van der Waals surface area contributed by atoms with Gasteiger partial charge in [0.1, 0.15) is 0 Å². The molecule has 1 aliphatic heterocycles. The smallest absolute Gasteiger partial charge is 0.231 e. The van der Waals surface area contributed by atoms with Crippen molar-refractivity contribution in [1.29, 1.82) is 0 Å². The second-order valence-corrected chi connectivity index (χ2v) is 6.75. The predicted molar refractivity (Wildman–Crippen MR) is 98.4 cm³/mol. The summed E-state index contributed by atoms with van der Waals surface area (Å²) in [5, 5.41) is 9.21. The molecular weight excluding hydrogens is 318 g/mol. The molecule has 0 fully saturated rings. The first-order valence-corrected chi connectivity index (χ1v) is 8.77. The van der Waals surface area contributed by atoms with Gasteiger partial charge in [-0.05, 0) is 30.2 Å². The zero-order valence-corrected chi connectivity index (χ0v) is 14.1. The number of hydrogen-bond donors (Lipinski definition) is 2. The molecule has 5 heteroatoms. The maximum absolute atomic E-state index is 11.8. The van der Waals surface area contributed by atoms with Crippen LogP contribution in [0.3, 0.4) is 0 Å². The fourth-order valence-corrected chi connectivity index (χ4v) is 3.56. The van der Waals surface area contributed by atoms with Gasteiger partial charge in [0.15, 0.2) is 5.13 Å². The molecule has 0 saturated heterocycles. The zero-order valence-electron chi connectivity index (χ0n) is 13.2. The fraction of sp³-hybridized carbons (Fsp3) is 0.158. The van der Waals surface area contributed by atoms with Crippen LogP contribution >= 0.6 is 11.3 Å². The molecule has 0 aliphatic carbocycles. The summed E-state index contributed by atoms with van der Waals surface area (Å²) in [4.78, 5) is 16.4. The van der Waals surface area contributed by atoms with Gasteiger partial charge in [0.2, 0.25) is 5.91 Å². The van der Waals surface area contributed by atoms with E-state index in [1.54, 1.807) is 11.3 Å².